The second-order valence-electron chi connectivity index (χ2n) is 9.85. The van der Waals surface area contributed by atoms with Crippen molar-refractivity contribution in [3.63, 3.8) is 0 Å². The van der Waals surface area contributed by atoms with E-state index in [0.29, 0.717) is 36.7 Å². The number of hydrogen-bond acceptors (Lipinski definition) is 4. The Kier molecular flexibility index (Phi) is 7.25. The number of pyridine rings is 1. The summed E-state index contributed by atoms with van der Waals surface area (Å²) >= 11 is 0. The van der Waals surface area contributed by atoms with E-state index >= 15 is 0 Å². The lowest BCUT2D eigenvalue weighted by atomic mass is 9.93. The average molecular weight is 453 g/mol. The van der Waals surface area contributed by atoms with Crippen LogP contribution in [0.3, 0.4) is 0 Å². The molecule has 3 aromatic rings. The first-order valence-electron chi connectivity index (χ1n) is 11.4. The number of carbonyl (C=O) groups is 1. The van der Waals surface area contributed by atoms with Crippen molar-refractivity contribution >= 4 is 19.7 Å². The van der Waals surface area contributed by atoms with Crippen LogP contribution in [0.1, 0.15) is 61.8 Å². The quantitative estimate of drug-likeness (QED) is 0.278. The van der Waals surface area contributed by atoms with Crippen molar-refractivity contribution in [2.75, 3.05) is 13.2 Å². The van der Waals surface area contributed by atoms with Crippen LogP contribution in [-0.2, 0) is 4.43 Å². The normalized spacial score (nSPS) is 13.3. The van der Waals surface area contributed by atoms with Crippen LogP contribution in [0.2, 0.25) is 18.1 Å². The molecule has 1 aromatic carbocycles. The van der Waals surface area contributed by atoms with E-state index in [2.05, 4.69) is 51.0 Å². The minimum atomic E-state index is -1.93. The number of benzene rings is 1. The molecule has 2 aromatic heterocycles. The van der Waals surface area contributed by atoms with Crippen LogP contribution >= 0.6 is 0 Å². The maximum Gasteiger partial charge on any atom is 0.192 e. The van der Waals surface area contributed by atoms with Gasteiger partial charge in [-0.3, -0.25) is 9.20 Å². The van der Waals surface area contributed by atoms with E-state index in [4.69, 9.17) is 9.16 Å². The number of nitrogens with zero attached hydrogens (tertiary/aromatic N) is 2. The Balaban J connectivity index is 1.91. The lowest BCUT2D eigenvalue weighted by Gasteiger charge is -2.37. The van der Waals surface area contributed by atoms with Crippen molar-refractivity contribution in [3.05, 3.63) is 65.6 Å². The molecule has 0 amide bonds. The minimum Gasteiger partial charge on any atom is -0.490 e. The Labute approximate surface area is 192 Å². The molecule has 0 radical (unpaired) electrons. The Bertz CT molecular complexity index is 1070. The van der Waals surface area contributed by atoms with Crippen molar-refractivity contribution in [3.8, 4) is 5.75 Å². The second kappa shape index (κ2) is 9.59. The van der Waals surface area contributed by atoms with Crippen molar-refractivity contribution in [2.45, 2.75) is 65.1 Å². The highest BCUT2D eigenvalue weighted by atomic mass is 28.4. The van der Waals surface area contributed by atoms with Crippen molar-refractivity contribution in [1.29, 1.82) is 0 Å². The molecule has 0 fully saturated rings. The molecule has 32 heavy (non-hydrogen) atoms. The molecule has 0 spiro atoms. The molecule has 172 valence electrons. The zero-order chi connectivity index (χ0) is 23.5. The van der Waals surface area contributed by atoms with Gasteiger partial charge in [0.2, 0.25) is 0 Å². The summed E-state index contributed by atoms with van der Waals surface area (Å²) in [6, 6.07) is 14.0. The number of ether oxygens (including phenoxy) is 1. The molecule has 0 aliphatic carbocycles. The molecule has 5 nitrogen and oxygen atoms in total. The first kappa shape index (κ1) is 24.2. The lowest BCUT2D eigenvalue weighted by molar-refractivity contribution is 0.0955. The molecule has 2 heterocycles. The Morgan fingerprint density at radius 2 is 1.81 bits per heavy atom. The van der Waals surface area contributed by atoms with Crippen LogP contribution < -0.4 is 4.74 Å². The number of ketones is 1. The van der Waals surface area contributed by atoms with Crippen molar-refractivity contribution in [1.82, 2.24) is 9.38 Å². The fourth-order valence-corrected chi connectivity index (χ4v) is 4.66. The Hall–Kier alpha value is -2.44. The van der Waals surface area contributed by atoms with Gasteiger partial charge in [-0.25, -0.2) is 4.98 Å². The maximum absolute atomic E-state index is 13.6. The van der Waals surface area contributed by atoms with Gasteiger partial charge in [-0.1, -0.05) is 51.1 Å². The van der Waals surface area contributed by atoms with E-state index in [1.165, 1.54) is 0 Å². The van der Waals surface area contributed by atoms with E-state index in [-0.39, 0.29) is 16.7 Å². The van der Waals surface area contributed by atoms with Gasteiger partial charge in [-0.15, -0.1) is 0 Å². The molecular weight excluding hydrogens is 416 g/mol. The fraction of sp³-hybridized carbons (Fsp3) is 0.462. The summed E-state index contributed by atoms with van der Waals surface area (Å²) in [5.74, 6) is 0.743. The highest BCUT2D eigenvalue weighted by Gasteiger charge is 2.38. The number of imidazole rings is 1. The molecule has 3 rings (SSSR count). The highest BCUT2D eigenvalue weighted by molar-refractivity contribution is 6.74. The maximum atomic E-state index is 13.6. The molecule has 6 heteroatoms. The van der Waals surface area contributed by atoms with Gasteiger partial charge in [0.15, 0.2) is 25.5 Å². The first-order valence-corrected chi connectivity index (χ1v) is 14.3. The Morgan fingerprint density at radius 1 is 1.12 bits per heavy atom. The van der Waals surface area contributed by atoms with Crippen LogP contribution in [0.15, 0.2) is 48.7 Å². The summed E-state index contributed by atoms with van der Waals surface area (Å²) in [6.07, 6.45) is 2.25. The van der Waals surface area contributed by atoms with E-state index in [0.717, 1.165) is 11.3 Å². The third-order valence-electron chi connectivity index (χ3n) is 6.51. The topological polar surface area (TPSA) is 52.8 Å². The number of fused-ring (bicyclic) bond motifs is 1. The summed E-state index contributed by atoms with van der Waals surface area (Å²) in [6.45, 7) is 16.1. The average Bonchev–Trinajstić information content (AvgIpc) is 3.08. The zero-order valence-corrected chi connectivity index (χ0v) is 21.4. The summed E-state index contributed by atoms with van der Waals surface area (Å²) in [5.41, 5.74) is 3.15. The van der Waals surface area contributed by atoms with E-state index in [1.807, 2.05) is 54.8 Å². The van der Waals surface area contributed by atoms with E-state index < -0.39 is 8.32 Å². The third-order valence-corrected chi connectivity index (χ3v) is 11.0. The molecule has 0 aliphatic rings. The van der Waals surface area contributed by atoms with E-state index in [9.17, 15) is 4.79 Å². The van der Waals surface area contributed by atoms with Crippen molar-refractivity contribution < 1.29 is 14.0 Å². The standard InChI is InChI=1S/C26H36N2O3Si/c1-8-30-23-15-12-16-28-24(19(2)27-25(23)28)22(29)17-21(20-13-10-9-11-14-20)18-31-32(6,7)26(3,4)5/h9-16,21H,8,17-18H2,1-7H3/t21-/m0/s1. The van der Waals surface area contributed by atoms with Crippen LogP contribution in [0.5, 0.6) is 5.75 Å². The van der Waals surface area contributed by atoms with Gasteiger partial charge in [-0.05, 0) is 49.7 Å². The van der Waals surface area contributed by atoms with Gasteiger partial charge in [-0.2, -0.15) is 0 Å². The van der Waals surface area contributed by atoms with Gasteiger partial charge in [0.1, 0.15) is 5.69 Å². The van der Waals surface area contributed by atoms with Gasteiger partial charge in [0.05, 0.1) is 12.3 Å². The van der Waals surface area contributed by atoms with Gasteiger partial charge < -0.3 is 9.16 Å². The number of carbonyl (C=O) groups excluding carboxylic acids is 1. The summed E-state index contributed by atoms with van der Waals surface area (Å²) in [7, 11) is -1.93. The number of aryl methyl sites for hydroxylation is 1. The molecule has 1 atom stereocenters. The summed E-state index contributed by atoms with van der Waals surface area (Å²) < 4.78 is 14.1. The van der Waals surface area contributed by atoms with Gasteiger partial charge in [0.25, 0.3) is 0 Å². The largest absolute Gasteiger partial charge is 0.490 e. The molecule has 0 saturated carbocycles. The molecule has 0 saturated heterocycles. The number of Topliss-reactive ketones (excluding diaryl/α,β-unsaturated/α-hetero) is 1. The van der Waals surface area contributed by atoms with Crippen LogP contribution in [0.4, 0.5) is 0 Å². The summed E-state index contributed by atoms with van der Waals surface area (Å²) in [5, 5.41) is 0.117. The SMILES string of the molecule is CCOc1cccn2c(C(=O)C[C@@H](CO[Si](C)(C)C(C)(C)C)c3ccccc3)c(C)nc12. The monoisotopic (exact) mass is 452 g/mol. The predicted octanol–water partition coefficient (Wildman–Crippen LogP) is 6.42. The lowest BCUT2D eigenvalue weighted by Crippen LogP contribution is -2.41. The molecular formula is C26H36N2O3Si. The number of aromatic nitrogens is 2. The molecule has 0 unspecified atom stereocenters. The van der Waals surface area contributed by atoms with Gasteiger partial charge >= 0.3 is 0 Å². The smallest absolute Gasteiger partial charge is 0.192 e. The fourth-order valence-electron chi connectivity index (χ4n) is 3.60. The van der Waals surface area contributed by atoms with Gasteiger partial charge in [0, 0.05) is 25.1 Å². The minimum absolute atomic E-state index is 0.0159. The van der Waals surface area contributed by atoms with Crippen molar-refractivity contribution in [2.24, 2.45) is 0 Å². The first-order chi connectivity index (χ1) is 15.0. The highest BCUT2D eigenvalue weighted by Crippen LogP contribution is 2.38. The number of hydrogen-bond donors (Lipinski definition) is 0. The molecule has 0 N–H and O–H groups in total. The predicted molar refractivity (Wildman–Crippen MR) is 132 cm³/mol. The zero-order valence-electron chi connectivity index (χ0n) is 20.4. The second-order valence-corrected chi connectivity index (χ2v) is 14.7. The number of rotatable bonds is 9. The Morgan fingerprint density at radius 3 is 2.44 bits per heavy atom. The molecule has 0 bridgehead atoms. The van der Waals surface area contributed by atoms with Crippen LogP contribution in [0.25, 0.3) is 5.65 Å². The van der Waals surface area contributed by atoms with Crippen LogP contribution in [-0.4, -0.2) is 36.7 Å². The summed E-state index contributed by atoms with van der Waals surface area (Å²) in [4.78, 5) is 18.2. The van der Waals surface area contributed by atoms with Crippen LogP contribution in [0, 0.1) is 6.92 Å². The third kappa shape index (κ3) is 5.13. The van der Waals surface area contributed by atoms with E-state index in [1.54, 1.807) is 0 Å². The molecule has 0 aliphatic heterocycles.